The second-order valence-electron chi connectivity index (χ2n) is 2.71. The molecule has 4 heteroatoms. The summed E-state index contributed by atoms with van der Waals surface area (Å²) in [6, 6.07) is 6.80. The van der Waals surface area contributed by atoms with Crippen LogP contribution in [-0.2, 0) is 9.47 Å². The van der Waals surface area contributed by atoms with Crippen molar-refractivity contribution in [2.75, 3.05) is 14.2 Å². The van der Waals surface area contributed by atoms with Crippen molar-refractivity contribution in [3.05, 3.63) is 34.9 Å². The lowest BCUT2D eigenvalue weighted by Crippen LogP contribution is -2.05. The molecule has 0 amide bonds. The zero-order valence-electron chi connectivity index (χ0n) is 9.07. The van der Waals surface area contributed by atoms with E-state index in [-0.39, 0.29) is 6.29 Å². The number of benzene rings is 1. The Morgan fingerprint density at radius 2 is 1.93 bits per heavy atom. The molecule has 0 radical (unpaired) electrons. The van der Waals surface area contributed by atoms with Gasteiger partial charge in [0.05, 0.1) is 0 Å². The molecular weight excluding hydrogens is 216 g/mol. The molecule has 0 spiro atoms. The van der Waals surface area contributed by atoms with Crippen LogP contribution in [-0.4, -0.2) is 26.8 Å². The van der Waals surface area contributed by atoms with Gasteiger partial charge in [0.2, 0.25) is 0 Å². The van der Waals surface area contributed by atoms with Crippen molar-refractivity contribution in [3.63, 3.8) is 0 Å². The van der Waals surface area contributed by atoms with Gasteiger partial charge in [-0.3, -0.25) is 4.79 Å². The molecule has 1 aromatic rings. The number of hydrogen-bond donors (Lipinski definition) is 0. The molecule has 0 aliphatic heterocycles. The molecule has 0 heterocycles. The summed E-state index contributed by atoms with van der Waals surface area (Å²) in [5, 5.41) is 0.597. The topological polar surface area (TPSA) is 35.5 Å². The third kappa shape index (κ3) is 7.08. The van der Waals surface area contributed by atoms with E-state index < -0.39 is 0 Å². The van der Waals surface area contributed by atoms with Crippen molar-refractivity contribution >= 4 is 17.9 Å². The fourth-order valence-corrected chi connectivity index (χ4v) is 0.875. The molecule has 0 aromatic heterocycles. The maximum absolute atomic E-state index is 10.1. The van der Waals surface area contributed by atoms with Gasteiger partial charge >= 0.3 is 0 Å². The lowest BCUT2D eigenvalue weighted by molar-refractivity contribution is -0.0877. The summed E-state index contributed by atoms with van der Waals surface area (Å²) in [5.74, 6) is 0. The first-order valence-electron chi connectivity index (χ1n) is 4.40. The van der Waals surface area contributed by atoms with Crippen LogP contribution >= 0.6 is 11.6 Å². The lowest BCUT2D eigenvalue weighted by atomic mass is 10.2. The Kier molecular flexibility index (Phi) is 7.91. The number of carbonyl (C=O) groups excluding carboxylic acids is 1. The van der Waals surface area contributed by atoms with Gasteiger partial charge < -0.3 is 9.47 Å². The van der Waals surface area contributed by atoms with Crippen LogP contribution in [0.5, 0.6) is 0 Å². The zero-order valence-corrected chi connectivity index (χ0v) is 9.82. The minimum atomic E-state index is -0.0648. The van der Waals surface area contributed by atoms with Crippen molar-refractivity contribution < 1.29 is 14.3 Å². The predicted octanol–water partition coefficient (Wildman–Crippen LogP) is 2.78. The van der Waals surface area contributed by atoms with Gasteiger partial charge in [0.25, 0.3) is 0 Å². The van der Waals surface area contributed by atoms with Crippen LogP contribution < -0.4 is 0 Å². The summed E-state index contributed by atoms with van der Waals surface area (Å²) in [6.45, 7) is 1.83. The highest BCUT2D eigenvalue weighted by Gasteiger charge is 1.88. The largest absolute Gasteiger partial charge is 0.356 e. The maximum atomic E-state index is 10.1. The Labute approximate surface area is 95.0 Å². The van der Waals surface area contributed by atoms with Crippen molar-refractivity contribution in [2.24, 2.45) is 0 Å². The summed E-state index contributed by atoms with van der Waals surface area (Å²) in [4.78, 5) is 10.1. The number of halogens is 1. The molecule has 0 saturated heterocycles. The number of aldehydes is 1. The first-order chi connectivity index (χ1) is 7.13. The Hall–Kier alpha value is -0.900. The van der Waals surface area contributed by atoms with Gasteiger partial charge in [0, 0.05) is 24.8 Å². The smallest absolute Gasteiger partial charge is 0.154 e. The van der Waals surface area contributed by atoms with Crippen molar-refractivity contribution in [3.8, 4) is 0 Å². The van der Waals surface area contributed by atoms with Crippen LogP contribution in [0.1, 0.15) is 17.3 Å². The van der Waals surface area contributed by atoms with Gasteiger partial charge in [-0.2, -0.15) is 0 Å². The molecule has 0 saturated carbocycles. The van der Waals surface area contributed by atoms with Crippen molar-refractivity contribution in [2.45, 2.75) is 13.2 Å². The van der Waals surface area contributed by atoms with E-state index in [0.29, 0.717) is 10.6 Å². The molecule has 0 N–H and O–H groups in total. The number of hydrogen-bond acceptors (Lipinski definition) is 3. The Morgan fingerprint density at radius 1 is 1.33 bits per heavy atom. The SMILES string of the molecule is COC(C)OC.O=Cc1cccc(Cl)c1. The van der Waals surface area contributed by atoms with Gasteiger partial charge in [0.1, 0.15) is 6.29 Å². The van der Waals surface area contributed by atoms with Crippen LogP contribution in [0, 0.1) is 0 Å². The quantitative estimate of drug-likeness (QED) is 0.592. The molecule has 0 fully saturated rings. The monoisotopic (exact) mass is 230 g/mol. The van der Waals surface area contributed by atoms with Gasteiger partial charge in [-0.15, -0.1) is 0 Å². The average Bonchev–Trinajstić information content (AvgIpc) is 2.28. The Morgan fingerprint density at radius 3 is 2.20 bits per heavy atom. The summed E-state index contributed by atoms with van der Waals surface area (Å²) < 4.78 is 9.35. The molecule has 1 rings (SSSR count). The molecule has 0 aliphatic carbocycles. The average molecular weight is 231 g/mol. The predicted molar refractivity (Wildman–Crippen MR) is 60.3 cm³/mol. The fourth-order valence-electron chi connectivity index (χ4n) is 0.676. The van der Waals surface area contributed by atoms with Crippen LogP contribution in [0.4, 0.5) is 0 Å². The maximum Gasteiger partial charge on any atom is 0.154 e. The van der Waals surface area contributed by atoms with E-state index in [2.05, 4.69) is 9.47 Å². The molecule has 84 valence electrons. The van der Waals surface area contributed by atoms with Gasteiger partial charge in [-0.1, -0.05) is 23.7 Å². The molecule has 0 unspecified atom stereocenters. The van der Waals surface area contributed by atoms with Crippen LogP contribution in [0.2, 0.25) is 5.02 Å². The highest BCUT2D eigenvalue weighted by Crippen LogP contribution is 2.08. The van der Waals surface area contributed by atoms with Gasteiger partial charge in [0.15, 0.2) is 6.29 Å². The fraction of sp³-hybridized carbons (Fsp3) is 0.364. The van der Waals surface area contributed by atoms with E-state index >= 15 is 0 Å². The van der Waals surface area contributed by atoms with Crippen LogP contribution in [0.25, 0.3) is 0 Å². The molecule has 1 aromatic carbocycles. The molecular formula is C11H15ClO3. The minimum absolute atomic E-state index is 0.0648. The van der Waals surface area contributed by atoms with E-state index in [1.54, 1.807) is 38.5 Å². The number of ether oxygens (including phenoxy) is 2. The van der Waals surface area contributed by atoms with E-state index in [4.69, 9.17) is 11.6 Å². The standard InChI is InChI=1S/C7H5ClO.C4H10O2/c8-7-3-1-2-6(4-7)5-9;1-4(5-2)6-3/h1-5H;4H,1-3H3. The Balaban J connectivity index is 0.000000288. The minimum Gasteiger partial charge on any atom is -0.356 e. The summed E-state index contributed by atoms with van der Waals surface area (Å²) in [6.07, 6.45) is 0.705. The van der Waals surface area contributed by atoms with E-state index in [1.807, 2.05) is 6.92 Å². The summed E-state index contributed by atoms with van der Waals surface area (Å²) in [7, 11) is 3.21. The normalized spacial score (nSPS) is 9.40. The van der Waals surface area contributed by atoms with Crippen molar-refractivity contribution in [1.29, 1.82) is 0 Å². The number of carbonyl (C=O) groups is 1. The van der Waals surface area contributed by atoms with Crippen molar-refractivity contribution in [1.82, 2.24) is 0 Å². The molecule has 15 heavy (non-hydrogen) atoms. The third-order valence-electron chi connectivity index (χ3n) is 1.65. The van der Waals surface area contributed by atoms with E-state index in [9.17, 15) is 4.79 Å². The van der Waals surface area contributed by atoms with E-state index in [0.717, 1.165) is 6.29 Å². The summed E-state index contributed by atoms with van der Waals surface area (Å²) >= 11 is 5.56. The molecule has 3 nitrogen and oxygen atoms in total. The third-order valence-corrected chi connectivity index (χ3v) is 1.88. The summed E-state index contributed by atoms with van der Waals surface area (Å²) in [5.41, 5.74) is 0.613. The second kappa shape index (κ2) is 8.41. The molecule has 0 aliphatic rings. The number of methoxy groups -OCH3 is 2. The van der Waals surface area contributed by atoms with Gasteiger partial charge in [-0.05, 0) is 19.1 Å². The first kappa shape index (κ1) is 14.1. The Bertz CT molecular complexity index is 285. The van der Waals surface area contributed by atoms with Crippen LogP contribution in [0.3, 0.4) is 0 Å². The highest BCUT2D eigenvalue weighted by molar-refractivity contribution is 6.30. The second-order valence-corrected chi connectivity index (χ2v) is 3.15. The zero-order chi connectivity index (χ0) is 11.7. The van der Waals surface area contributed by atoms with Crippen LogP contribution in [0.15, 0.2) is 24.3 Å². The molecule has 0 bridgehead atoms. The number of rotatable bonds is 3. The lowest BCUT2D eigenvalue weighted by Gasteiger charge is -2.03. The van der Waals surface area contributed by atoms with E-state index in [1.165, 1.54) is 0 Å². The molecule has 0 atom stereocenters. The van der Waals surface area contributed by atoms with Gasteiger partial charge in [-0.25, -0.2) is 0 Å². The first-order valence-corrected chi connectivity index (χ1v) is 4.78. The highest BCUT2D eigenvalue weighted by atomic mass is 35.5.